The minimum atomic E-state index is -0.430. The van der Waals surface area contributed by atoms with E-state index in [0.717, 1.165) is 31.6 Å². The molecule has 3 aromatic rings. The van der Waals surface area contributed by atoms with Crippen molar-refractivity contribution in [1.82, 2.24) is 0 Å². The van der Waals surface area contributed by atoms with Crippen molar-refractivity contribution < 1.29 is 9.53 Å². The van der Waals surface area contributed by atoms with Crippen molar-refractivity contribution in [3.8, 4) is 11.8 Å². The molecule has 5 heteroatoms. The first kappa shape index (κ1) is 22.6. The highest BCUT2D eigenvalue weighted by molar-refractivity contribution is 14.1. The van der Waals surface area contributed by atoms with Gasteiger partial charge in [-0.05, 0) is 96.0 Å². The van der Waals surface area contributed by atoms with Crippen LogP contribution in [0.25, 0.3) is 6.08 Å². The number of nitrogens with one attached hydrogen (secondary N) is 1. The molecule has 0 heterocycles. The van der Waals surface area contributed by atoms with E-state index in [-0.39, 0.29) is 5.57 Å². The monoisotopic (exact) mass is 522 g/mol. The molecule has 0 aliphatic rings. The summed E-state index contributed by atoms with van der Waals surface area (Å²) in [7, 11) is 0. The van der Waals surface area contributed by atoms with E-state index < -0.39 is 5.91 Å². The smallest absolute Gasteiger partial charge is 0.266 e. The molecule has 3 rings (SSSR count). The lowest BCUT2D eigenvalue weighted by Crippen LogP contribution is -2.13. The third kappa shape index (κ3) is 6.19. The van der Waals surface area contributed by atoms with E-state index in [1.54, 1.807) is 6.08 Å². The molecule has 0 aliphatic carbocycles. The van der Waals surface area contributed by atoms with Gasteiger partial charge in [-0.15, -0.1) is 0 Å². The number of carbonyl (C=O) groups is 1. The SMILES string of the molecule is Cc1ccc(COc2ccc(/C=C(\C#N)C(=O)Nc3ccc(C)c(C)c3)cc2I)cc1. The second-order valence-corrected chi connectivity index (χ2v) is 8.55. The Bertz CT molecular complexity index is 1180. The van der Waals surface area contributed by atoms with E-state index in [9.17, 15) is 10.1 Å². The highest BCUT2D eigenvalue weighted by Gasteiger charge is 2.11. The van der Waals surface area contributed by atoms with Crippen molar-refractivity contribution in [2.45, 2.75) is 27.4 Å². The molecule has 0 radical (unpaired) electrons. The number of nitrogens with zero attached hydrogens (tertiary/aromatic N) is 1. The van der Waals surface area contributed by atoms with E-state index in [1.165, 1.54) is 5.56 Å². The van der Waals surface area contributed by atoms with Crippen LogP contribution in [0.15, 0.2) is 66.2 Å². The quantitative estimate of drug-likeness (QED) is 0.234. The molecule has 0 aliphatic heterocycles. The molecule has 1 N–H and O–H groups in total. The van der Waals surface area contributed by atoms with Crippen LogP contribution in [0.3, 0.4) is 0 Å². The Morgan fingerprint density at radius 3 is 2.42 bits per heavy atom. The van der Waals surface area contributed by atoms with Crippen molar-refractivity contribution >= 4 is 40.3 Å². The first-order valence-electron chi connectivity index (χ1n) is 9.84. The fraction of sp³-hybridized carbons (Fsp3) is 0.154. The van der Waals surface area contributed by atoms with Gasteiger partial charge in [0.1, 0.15) is 24.0 Å². The molecule has 0 saturated carbocycles. The third-order valence-corrected chi connectivity index (χ3v) is 5.75. The van der Waals surface area contributed by atoms with E-state index in [2.05, 4.69) is 47.0 Å². The summed E-state index contributed by atoms with van der Waals surface area (Å²) < 4.78 is 6.83. The van der Waals surface area contributed by atoms with Crippen LogP contribution >= 0.6 is 22.6 Å². The summed E-state index contributed by atoms with van der Waals surface area (Å²) in [5.41, 5.74) is 6.01. The number of ether oxygens (including phenoxy) is 1. The molecule has 4 nitrogen and oxygen atoms in total. The van der Waals surface area contributed by atoms with Crippen LogP contribution in [0.5, 0.6) is 5.75 Å². The number of halogens is 1. The Hall–Kier alpha value is -3.11. The summed E-state index contributed by atoms with van der Waals surface area (Å²) in [5.74, 6) is 0.330. The van der Waals surface area contributed by atoms with Gasteiger partial charge in [0.05, 0.1) is 3.57 Å². The topological polar surface area (TPSA) is 62.1 Å². The van der Waals surface area contributed by atoms with Gasteiger partial charge in [0.15, 0.2) is 0 Å². The third-order valence-electron chi connectivity index (χ3n) is 4.91. The minimum absolute atomic E-state index is 0.0438. The number of carbonyl (C=O) groups excluding carboxylic acids is 1. The summed E-state index contributed by atoms with van der Waals surface area (Å²) in [6, 6.07) is 21.5. The van der Waals surface area contributed by atoms with Gasteiger partial charge in [-0.2, -0.15) is 5.26 Å². The first-order valence-corrected chi connectivity index (χ1v) is 10.9. The van der Waals surface area contributed by atoms with Gasteiger partial charge >= 0.3 is 0 Å². The Morgan fingerprint density at radius 1 is 1.03 bits per heavy atom. The Labute approximate surface area is 196 Å². The molecule has 1 amide bonds. The molecule has 31 heavy (non-hydrogen) atoms. The van der Waals surface area contributed by atoms with Gasteiger partial charge in [-0.1, -0.05) is 42.0 Å². The van der Waals surface area contributed by atoms with E-state index in [4.69, 9.17) is 4.74 Å². The van der Waals surface area contributed by atoms with Gasteiger partial charge in [0.2, 0.25) is 0 Å². The highest BCUT2D eigenvalue weighted by Crippen LogP contribution is 2.25. The predicted octanol–water partition coefficient (Wildman–Crippen LogP) is 6.34. The summed E-state index contributed by atoms with van der Waals surface area (Å²) in [4.78, 5) is 12.6. The van der Waals surface area contributed by atoms with E-state index >= 15 is 0 Å². The van der Waals surface area contributed by atoms with Crippen LogP contribution in [-0.4, -0.2) is 5.91 Å². The lowest BCUT2D eigenvalue weighted by atomic mass is 10.1. The largest absolute Gasteiger partial charge is 0.488 e. The van der Waals surface area contributed by atoms with Gasteiger partial charge in [-0.25, -0.2) is 0 Å². The molecular formula is C26H23IN2O2. The summed E-state index contributed by atoms with van der Waals surface area (Å²) in [6.07, 6.45) is 1.59. The maximum absolute atomic E-state index is 12.6. The van der Waals surface area contributed by atoms with E-state index in [0.29, 0.717) is 12.3 Å². The highest BCUT2D eigenvalue weighted by atomic mass is 127. The normalized spacial score (nSPS) is 11.0. The molecule has 0 fully saturated rings. The van der Waals surface area contributed by atoms with Crippen LogP contribution in [0, 0.1) is 35.7 Å². The number of anilines is 1. The van der Waals surface area contributed by atoms with Crippen molar-refractivity contribution in [3.05, 3.63) is 97.6 Å². The van der Waals surface area contributed by atoms with Crippen molar-refractivity contribution in [1.29, 1.82) is 5.26 Å². The maximum Gasteiger partial charge on any atom is 0.266 e. The zero-order valence-corrected chi connectivity index (χ0v) is 19.9. The summed E-state index contributed by atoms with van der Waals surface area (Å²) >= 11 is 2.20. The van der Waals surface area contributed by atoms with Gasteiger partial charge < -0.3 is 10.1 Å². The standard InChI is InChI=1S/C26H23IN2O2/c1-17-4-7-20(8-5-17)16-31-25-11-9-21(14-24(25)27)13-22(15-28)26(30)29-23-10-6-18(2)19(3)12-23/h4-14H,16H2,1-3H3,(H,29,30)/b22-13+. The molecule has 0 saturated heterocycles. The summed E-state index contributed by atoms with van der Waals surface area (Å²) in [5, 5.41) is 12.3. The zero-order chi connectivity index (χ0) is 22.4. The molecule has 0 atom stereocenters. The van der Waals surface area contributed by atoms with Crippen molar-refractivity contribution in [3.63, 3.8) is 0 Å². The Balaban J connectivity index is 1.70. The van der Waals surface area contributed by atoms with E-state index in [1.807, 2.05) is 68.4 Å². The average molecular weight is 522 g/mol. The number of hydrogen-bond acceptors (Lipinski definition) is 3. The second-order valence-electron chi connectivity index (χ2n) is 7.39. The Kier molecular flexibility index (Phi) is 7.48. The van der Waals surface area contributed by atoms with Gasteiger partial charge in [0, 0.05) is 5.69 Å². The number of nitriles is 1. The Morgan fingerprint density at radius 2 is 1.77 bits per heavy atom. The second kappa shape index (κ2) is 10.3. The number of amides is 1. The fourth-order valence-corrected chi connectivity index (χ4v) is 3.60. The lowest BCUT2D eigenvalue weighted by molar-refractivity contribution is -0.112. The molecule has 0 spiro atoms. The fourth-order valence-electron chi connectivity index (χ4n) is 2.90. The van der Waals surface area contributed by atoms with Crippen LogP contribution in [0.4, 0.5) is 5.69 Å². The molecule has 156 valence electrons. The lowest BCUT2D eigenvalue weighted by Gasteiger charge is -2.10. The number of aryl methyl sites for hydroxylation is 3. The van der Waals surface area contributed by atoms with Crippen molar-refractivity contribution in [2.75, 3.05) is 5.32 Å². The number of hydrogen-bond donors (Lipinski definition) is 1. The average Bonchev–Trinajstić information content (AvgIpc) is 2.75. The number of benzene rings is 3. The molecule has 0 bridgehead atoms. The predicted molar refractivity (Wildman–Crippen MR) is 133 cm³/mol. The van der Waals surface area contributed by atoms with Crippen LogP contribution in [-0.2, 0) is 11.4 Å². The minimum Gasteiger partial charge on any atom is -0.488 e. The van der Waals surface area contributed by atoms with Crippen molar-refractivity contribution in [2.24, 2.45) is 0 Å². The molecule has 0 aromatic heterocycles. The van der Waals surface area contributed by atoms with Crippen LogP contribution in [0.1, 0.15) is 27.8 Å². The molecular weight excluding hydrogens is 499 g/mol. The first-order chi connectivity index (χ1) is 14.9. The van der Waals surface area contributed by atoms with Crippen LogP contribution in [0.2, 0.25) is 0 Å². The van der Waals surface area contributed by atoms with Gasteiger partial charge in [0.25, 0.3) is 5.91 Å². The molecule has 0 unspecified atom stereocenters. The zero-order valence-electron chi connectivity index (χ0n) is 17.7. The number of rotatable bonds is 6. The van der Waals surface area contributed by atoms with Gasteiger partial charge in [-0.3, -0.25) is 4.79 Å². The van der Waals surface area contributed by atoms with Crippen LogP contribution < -0.4 is 10.1 Å². The summed E-state index contributed by atoms with van der Waals surface area (Å²) in [6.45, 7) is 6.53. The molecule has 3 aromatic carbocycles. The maximum atomic E-state index is 12.6.